The van der Waals surface area contributed by atoms with Gasteiger partial charge in [-0.2, -0.15) is 0 Å². The van der Waals surface area contributed by atoms with E-state index < -0.39 is 5.97 Å². The molecular weight excluding hydrogens is 356 g/mol. The van der Waals surface area contributed by atoms with Crippen LogP contribution in [-0.2, 0) is 4.79 Å². The summed E-state index contributed by atoms with van der Waals surface area (Å²) in [7, 11) is 0. The molecule has 0 spiro atoms. The van der Waals surface area contributed by atoms with E-state index in [1.165, 1.54) is 22.7 Å². The molecule has 5 nitrogen and oxygen atoms in total. The quantitative estimate of drug-likeness (QED) is 0.826. The van der Waals surface area contributed by atoms with E-state index >= 15 is 0 Å². The van der Waals surface area contributed by atoms with E-state index in [-0.39, 0.29) is 24.9 Å². The molecule has 0 unspecified atom stereocenters. The Morgan fingerprint density at radius 1 is 1.35 bits per heavy atom. The molecule has 1 amide bonds. The largest absolute Gasteiger partial charge is 0.481 e. The molecule has 0 saturated carbocycles. The van der Waals surface area contributed by atoms with Crippen molar-refractivity contribution in [3.05, 3.63) is 27.0 Å². The number of aliphatic carboxylic acids is 1. The molecule has 0 atom stereocenters. The monoisotopic (exact) mass is 372 g/mol. The van der Waals surface area contributed by atoms with Gasteiger partial charge in [-0.3, -0.25) is 9.59 Å². The van der Waals surface area contributed by atoms with Crippen LogP contribution >= 0.6 is 34.3 Å². The summed E-state index contributed by atoms with van der Waals surface area (Å²) in [4.78, 5) is 31.0. The van der Waals surface area contributed by atoms with Crippen molar-refractivity contribution in [1.82, 2.24) is 9.88 Å². The number of carboxylic acids is 1. The second kappa shape index (κ2) is 7.42. The predicted molar refractivity (Wildman–Crippen MR) is 93.6 cm³/mol. The zero-order valence-corrected chi connectivity index (χ0v) is 15.4. The van der Waals surface area contributed by atoms with Crippen LogP contribution in [0.3, 0.4) is 0 Å². The first kappa shape index (κ1) is 17.9. The molecule has 23 heavy (non-hydrogen) atoms. The number of aryl methyl sites for hydroxylation is 1. The Kier molecular flexibility index (Phi) is 5.78. The number of amides is 1. The average Bonchev–Trinajstić information content (AvgIpc) is 3.04. The number of carbonyl (C=O) groups excluding carboxylic acids is 1. The van der Waals surface area contributed by atoms with Crippen LogP contribution in [0, 0.1) is 6.92 Å². The van der Waals surface area contributed by atoms with Crippen LogP contribution < -0.4 is 0 Å². The molecule has 2 heterocycles. The number of hydrogen-bond donors (Lipinski definition) is 1. The number of carboxylic acid groups (broad SMARTS) is 1. The maximum absolute atomic E-state index is 12.8. The molecule has 0 radical (unpaired) electrons. The molecule has 0 fully saturated rings. The summed E-state index contributed by atoms with van der Waals surface area (Å²) in [6, 6.07) is 3.60. The fraction of sp³-hybridized carbons (Fsp3) is 0.400. The van der Waals surface area contributed by atoms with Crippen LogP contribution in [0.5, 0.6) is 0 Å². The number of halogens is 1. The number of aromatic nitrogens is 1. The van der Waals surface area contributed by atoms with Crippen molar-refractivity contribution in [2.45, 2.75) is 33.2 Å². The zero-order chi connectivity index (χ0) is 17.1. The molecule has 0 aliphatic heterocycles. The molecule has 0 aliphatic rings. The number of carbonyl (C=O) groups is 2. The third-order valence-electron chi connectivity index (χ3n) is 3.23. The van der Waals surface area contributed by atoms with Crippen molar-refractivity contribution in [2.24, 2.45) is 0 Å². The standard InChI is InChI=1S/C15H17ClN2O3S2/c1-8(2)18(7-6-12(19)20)15(21)13-9(3)17-14(23-13)10-4-5-11(16)22-10/h4-5,8H,6-7H2,1-3H3,(H,19,20). The van der Waals surface area contributed by atoms with E-state index in [1.54, 1.807) is 17.9 Å². The fourth-order valence-corrected chi connectivity index (χ4v) is 4.19. The zero-order valence-electron chi connectivity index (χ0n) is 13.0. The van der Waals surface area contributed by atoms with Crippen molar-refractivity contribution in [2.75, 3.05) is 6.54 Å². The van der Waals surface area contributed by atoms with Crippen LogP contribution in [0.1, 0.15) is 35.6 Å². The molecular formula is C15H17ClN2O3S2. The Labute approximate surface area is 147 Å². The van der Waals surface area contributed by atoms with Crippen molar-refractivity contribution in [3.63, 3.8) is 0 Å². The molecule has 0 bridgehead atoms. The van der Waals surface area contributed by atoms with Gasteiger partial charge in [0, 0.05) is 12.6 Å². The third-order valence-corrected chi connectivity index (χ3v) is 5.77. The maximum atomic E-state index is 12.8. The van der Waals surface area contributed by atoms with E-state index in [0.717, 1.165) is 9.88 Å². The minimum atomic E-state index is -0.918. The Bertz CT molecular complexity index is 724. The van der Waals surface area contributed by atoms with E-state index in [9.17, 15) is 9.59 Å². The number of rotatable bonds is 6. The second-order valence-corrected chi connectivity index (χ2v) is 7.99. The van der Waals surface area contributed by atoms with Crippen molar-refractivity contribution in [3.8, 4) is 9.88 Å². The van der Waals surface area contributed by atoms with Crippen LogP contribution in [0.4, 0.5) is 0 Å². The summed E-state index contributed by atoms with van der Waals surface area (Å²) >= 11 is 8.68. The van der Waals surface area contributed by atoms with Crippen LogP contribution in [-0.4, -0.2) is 39.5 Å². The van der Waals surface area contributed by atoms with Gasteiger partial charge in [-0.15, -0.1) is 22.7 Å². The average molecular weight is 373 g/mol. The van der Waals surface area contributed by atoms with E-state index in [2.05, 4.69) is 4.98 Å². The second-order valence-electron chi connectivity index (χ2n) is 5.27. The normalized spacial score (nSPS) is 11.0. The van der Waals surface area contributed by atoms with Crippen molar-refractivity contribution >= 4 is 46.2 Å². The van der Waals surface area contributed by atoms with Gasteiger partial charge >= 0.3 is 5.97 Å². The highest BCUT2D eigenvalue weighted by molar-refractivity contribution is 7.24. The van der Waals surface area contributed by atoms with Gasteiger partial charge < -0.3 is 10.0 Å². The Balaban J connectivity index is 2.27. The minimum absolute atomic E-state index is 0.0742. The highest BCUT2D eigenvalue weighted by Gasteiger charge is 2.24. The summed E-state index contributed by atoms with van der Waals surface area (Å²) in [5.74, 6) is -1.09. The van der Waals surface area contributed by atoms with E-state index in [4.69, 9.17) is 16.7 Å². The van der Waals surface area contributed by atoms with Gasteiger partial charge in [0.1, 0.15) is 9.88 Å². The van der Waals surface area contributed by atoms with Crippen LogP contribution in [0.15, 0.2) is 12.1 Å². The smallest absolute Gasteiger partial charge is 0.305 e. The van der Waals surface area contributed by atoms with Gasteiger partial charge in [0.25, 0.3) is 5.91 Å². The Hall–Kier alpha value is -1.44. The number of hydrogen-bond acceptors (Lipinski definition) is 5. The molecule has 0 aliphatic carbocycles. The molecule has 1 N–H and O–H groups in total. The summed E-state index contributed by atoms with van der Waals surface area (Å²) in [5.41, 5.74) is 0.653. The molecule has 0 aromatic carbocycles. The Morgan fingerprint density at radius 3 is 2.57 bits per heavy atom. The van der Waals surface area contributed by atoms with Gasteiger partial charge in [-0.25, -0.2) is 4.98 Å². The lowest BCUT2D eigenvalue weighted by molar-refractivity contribution is -0.137. The SMILES string of the molecule is Cc1nc(-c2ccc(Cl)s2)sc1C(=O)N(CCC(=O)O)C(C)C. The first-order valence-electron chi connectivity index (χ1n) is 7.05. The van der Waals surface area contributed by atoms with Crippen LogP contribution in [0.2, 0.25) is 4.34 Å². The lowest BCUT2D eigenvalue weighted by atomic mass is 10.2. The van der Waals surface area contributed by atoms with Crippen LogP contribution in [0.25, 0.3) is 9.88 Å². The van der Waals surface area contributed by atoms with Gasteiger partial charge in [0.15, 0.2) is 0 Å². The van der Waals surface area contributed by atoms with E-state index in [0.29, 0.717) is 14.9 Å². The molecule has 8 heteroatoms. The number of thiophene rings is 1. The number of thiazole rings is 1. The molecule has 124 valence electrons. The topological polar surface area (TPSA) is 70.5 Å². The first-order valence-corrected chi connectivity index (χ1v) is 9.06. The summed E-state index contributed by atoms with van der Waals surface area (Å²) in [6.07, 6.45) is -0.0742. The molecule has 2 aromatic heterocycles. The highest BCUT2D eigenvalue weighted by Crippen LogP contribution is 2.35. The predicted octanol–water partition coefficient (Wildman–Crippen LogP) is 4.16. The first-order chi connectivity index (χ1) is 10.8. The molecule has 2 rings (SSSR count). The minimum Gasteiger partial charge on any atom is -0.481 e. The van der Waals surface area contributed by atoms with Crippen molar-refractivity contribution < 1.29 is 14.7 Å². The number of nitrogens with zero attached hydrogens (tertiary/aromatic N) is 2. The molecule has 2 aromatic rings. The van der Waals surface area contributed by atoms with Crippen molar-refractivity contribution in [1.29, 1.82) is 0 Å². The summed E-state index contributed by atoms with van der Waals surface area (Å²) in [6.45, 7) is 5.72. The van der Waals surface area contributed by atoms with Gasteiger partial charge in [0.2, 0.25) is 0 Å². The van der Waals surface area contributed by atoms with E-state index in [1.807, 2.05) is 19.9 Å². The fourth-order valence-electron chi connectivity index (χ4n) is 2.07. The summed E-state index contributed by atoms with van der Waals surface area (Å²) in [5, 5.41) is 9.60. The summed E-state index contributed by atoms with van der Waals surface area (Å²) < 4.78 is 0.672. The molecule has 0 saturated heterocycles. The van der Waals surface area contributed by atoms with Gasteiger partial charge in [-0.05, 0) is 32.9 Å². The maximum Gasteiger partial charge on any atom is 0.305 e. The lowest BCUT2D eigenvalue weighted by Crippen LogP contribution is -2.38. The highest BCUT2D eigenvalue weighted by atomic mass is 35.5. The van der Waals surface area contributed by atoms with Gasteiger partial charge in [0.05, 0.1) is 21.3 Å². The third kappa shape index (κ3) is 4.31. The Morgan fingerprint density at radius 2 is 2.04 bits per heavy atom. The van der Waals surface area contributed by atoms with Gasteiger partial charge in [-0.1, -0.05) is 11.6 Å². The lowest BCUT2D eigenvalue weighted by Gasteiger charge is -2.25.